The molecule has 0 aromatic heterocycles. The van der Waals surface area contributed by atoms with Crippen molar-refractivity contribution in [2.24, 2.45) is 11.7 Å². The van der Waals surface area contributed by atoms with Gasteiger partial charge in [-0.2, -0.15) is 0 Å². The topological polar surface area (TPSA) is 93.6 Å². The number of nitrogens with two attached hydrogens (primary N) is 2. The summed E-state index contributed by atoms with van der Waals surface area (Å²) in [6.45, 7) is 0. The van der Waals surface area contributed by atoms with E-state index < -0.39 is 6.03 Å². The van der Waals surface area contributed by atoms with Gasteiger partial charge in [-0.25, -0.2) is 21.5 Å². The van der Waals surface area contributed by atoms with Gasteiger partial charge in [0, 0.05) is 0 Å². The van der Waals surface area contributed by atoms with Crippen molar-refractivity contribution >= 4 is 11.7 Å². The molecule has 14 heavy (non-hydrogen) atoms. The highest BCUT2D eigenvalue weighted by Gasteiger charge is 2.13. The zero-order valence-corrected chi connectivity index (χ0v) is 7.73. The molecule has 0 saturated carbocycles. The number of anilines is 1. The Labute approximate surface area is 81.4 Å². The number of para-hydroxylation sites is 2. The number of urea groups is 1. The maximum absolute atomic E-state index is 11.1. The van der Waals surface area contributed by atoms with Crippen molar-refractivity contribution in [2.45, 2.75) is 0 Å². The van der Waals surface area contributed by atoms with Gasteiger partial charge in [0.05, 0.1) is 7.11 Å². The average molecular weight is 196 g/mol. The summed E-state index contributed by atoms with van der Waals surface area (Å²) in [7, 11) is 1.49. The Bertz CT molecular complexity index is 329. The Kier molecular flexibility index (Phi) is 3.27. The molecular formula is C8H12N4O2. The van der Waals surface area contributed by atoms with Crippen molar-refractivity contribution in [2.75, 3.05) is 12.1 Å². The van der Waals surface area contributed by atoms with Crippen LogP contribution in [0.25, 0.3) is 0 Å². The smallest absolute Gasteiger partial charge is 0.350 e. The third-order valence-corrected chi connectivity index (χ3v) is 1.69. The van der Waals surface area contributed by atoms with Crippen LogP contribution in [0.5, 0.6) is 5.75 Å². The predicted octanol–water partition coefficient (Wildman–Crippen LogP) is -0.0414. The average Bonchev–Trinajstić information content (AvgIpc) is 2.26. The van der Waals surface area contributed by atoms with E-state index >= 15 is 0 Å². The van der Waals surface area contributed by atoms with E-state index in [0.717, 1.165) is 5.01 Å². The summed E-state index contributed by atoms with van der Waals surface area (Å²) in [5.74, 6) is 10.9. The zero-order valence-electron chi connectivity index (χ0n) is 7.73. The molecule has 0 fully saturated rings. The summed E-state index contributed by atoms with van der Waals surface area (Å²) in [4.78, 5) is 11.1. The normalized spacial score (nSPS) is 9.36. The fourth-order valence-corrected chi connectivity index (χ4v) is 1.01. The molecule has 6 nitrogen and oxygen atoms in total. The van der Waals surface area contributed by atoms with Crippen molar-refractivity contribution in [1.29, 1.82) is 0 Å². The summed E-state index contributed by atoms with van der Waals surface area (Å²) >= 11 is 0. The number of hydrogen-bond acceptors (Lipinski definition) is 4. The van der Waals surface area contributed by atoms with Crippen LogP contribution in [-0.4, -0.2) is 13.1 Å². The number of nitrogens with one attached hydrogen (secondary N) is 1. The molecule has 5 N–H and O–H groups in total. The number of methoxy groups -OCH3 is 1. The number of carbonyl (C=O) groups is 1. The van der Waals surface area contributed by atoms with Gasteiger partial charge in [-0.15, -0.1) is 0 Å². The molecule has 0 atom stereocenters. The first-order chi connectivity index (χ1) is 6.70. The van der Waals surface area contributed by atoms with Crippen LogP contribution in [0.4, 0.5) is 10.5 Å². The second-order valence-electron chi connectivity index (χ2n) is 2.49. The highest BCUT2D eigenvalue weighted by molar-refractivity contribution is 5.91. The van der Waals surface area contributed by atoms with E-state index in [2.05, 4.69) is 0 Å². The van der Waals surface area contributed by atoms with E-state index in [4.69, 9.17) is 16.4 Å². The van der Waals surface area contributed by atoms with Crippen LogP contribution in [0.3, 0.4) is 0 Å². The summed E-state index contributed by atoms with van der Waals surface area (Å²) in [6, 6.07) is 6.24. The van der Waals surface area contributed by atoms with E-state index in [1.54, 1.807) is 24.3 Å². The summed E-state index contributed by atoms with van der Waals surface area (Å²) < 4.78 is 5.02. The van der Waals surface area contributed by atoms with Crippen LogP contribution in [0.15, 0.2) is 24.3 Å². The third kappa shape index (κ3) is 1.93. The molecule has 0 aliphatic heterocycles. The minimum atomic E-state index is -0.616. The molecule has 0 radical (unpaired) electrons. The third-order valence-electron chi connectivity index (χ3n) is 1.69. The van der Waals surface area contributed by atoms with E-state index in [1.165, 1.54) is 7.11 Å². The lowest BCUT2D eigenvalue weighted by Crippen LogP contribution is -2.47. The van der Waals surface area contributed by atoms with Crippen LogP contribution in [0.1, 0.15) is 0 Å². The second-order valence-corrected chi connectivity index (χ2v) is 2.49. The zero-order chi connectivity index (χ0) is 10.6. The van der Waals surface area contributed by atoms with Crippen molar-refractivity contribution < 1.29 is 9.53 Å². The van der Waals surface area contributed by atoms with E-state index in [9.17, 15) is 4.79 Å². The minimum Gasteiger partial charge on any atom is -0.495 e. The maximum atomic E-state index is 11.1. The van der Waals surface area contributed by atoms with Gasteiger partial charge >= 0.3 is 6.03 Å². The molecule has 0 spiro atoms. The number of carbonyl (C=O) groups excluding carboxylic acids is 1. The summed E-state index contributed by atoms with van der Waals surface area (Å²) in [5.41, 5.74) is 2.36. The quantitative estimate of drug-likeness (QED) is 0.351. The van der Waals surface area contributed by atoms with Gasteiger partial charge in [0.15, 0.2) is 0 Å². The fraction of sp³-hybridized carbons (Fsp3) is 0.125. The molecule has 2 amide bonds. The minimum absolute atomic E-state index is 0.443. The first-order valence-corrected chi connectivity index (χ1v) is 3.89. The van der Waals surface area contributed by atoms with Crippen molar-refractivity contribution in [3.8, 4) is 5.75 Å². The molecular weight excluding hydrogens is 184 g/mol. The molecule has 1 rings (SSSR count). The Morgan fingerprint density at radius 2 is 2.14 bits per heavy atom. The van der Waals surface area contributed by atoms with Crippen LogP contribution in [-0.2, 0) is 0 Å². The highest BCUT2D eigenvalue weighted by Crippen LogP contribution is 2.25. The van der Waals surface area contributed by atoms with Crippen LogP contribution < -0.4 is 26.9 Å². The summed E-state index contributed by atoms with van der Waals surface area (Å²) in [5, 5.41) is 0.874. The van der Waals surface area contributed by atoms with Crippen LogP contribution in [0.2, 0.25) is 0 Å². The second kappa shape index (κ2) is 4.45. The van der Waals surface area contributed by atoms with Gasteiger partial charge in [0.2, 0.25) is 0 Å². The summed E-state index contributed by atoms with van der Waals surface area (Å²) in [6.07, 6.45) is 0. The number of hydrazine groups is 2. The van der Waals surface area contributed by atoms with E-state index in [-0.39, 0.29) is 0 Å². The Morgan fingerprint density at radius 3 is 2.71 bits per heavy atom. The first-order valence-electron chi connectivity index (χ1n) is 3.89. The lowest BCUT2D eigenvalue weighted by atomic mass is 10.3. The Balaban J connectivity index is 2.99. The van der Waals surface area contributed by atoms with Crippen molar-refractivity contribution in [3.05, 3.63) is 24.3 Å². The molecule has 0 saturated heterocycles. The lowest BCUT2D eigenvalue weighted by molar-refractivity contribution is 0.246. The molecule has 1 aromatic carbocycles. The van der Waals surface area contributed by atoms with Crippen molar-refractivity contribution in [3.63, 3.8) is 0 Å². The monoisotopic (exact) mass is 196 g/mol. The van der Waals surface area contributed by atoms with Gasteiger partial charge in [-0.3, -0.25) is 5.43 Å². The number of rotatable bonds is 2. The van der Waals surface area contributed by atoms with E-state index in [1.807, 2.05) is 5.43 Å². The Hall–Kier alpha value is -1.79. The van der Waals surface area contributed by atoms with Gasteiger partial charge in [0.1, 0.15) is 11.4 Å². The van der Waals surface area contributed by atoms with Crippen LogP contribution >= 0.6 is 0 Å². The van der Waals surface area contributed by atoms with Crippen LogP contribution in [0, 0.1) is 0 Å². The predicted molar refractivity (Wildman–Crippen MR) is 52.4 cm³/mol. The molecule has 0 bridgehead atoms. The Morgan fingerprint density at radius 1 is 1.50 bits per heavy atom. The number of ether oxygens (including phenoxy) is 1. The molecule has 1 aromatic rings. The standard InChI is InChI=1S/C8H12N4O2/c1-14-7-5-3-2-4-6(7)12(10)8(13)11-9/h2-5H,9-10H2,1H3,(H,11,13). The lowest BCUT2D eigenvalue weighted by Gasteiger charge is -2.17. The van der Waals surface area contributed by atoms with Gasteiger partial charge in [-0.1, -0.05) is 12.1 Å². The number of amides is 2. The molecule has 0 unspecified atom stereocenters. The van der Waals surface area contributed by atoms with E-state index in [0.29, 0.717) is 11.4 Å². The number of hydrogen-bond donors (Lipinski definition) is 3. The number of benzene rings is 1. The fourth-order valence-electron chi connectivity index (χ4n) is 1.01. The van der Waals surface area contributed by atoms with Gasteiger partial charge in [0.25, 0.3) is 0 Å². The molecule has 76 valence electrons. The van der Waals surface area contributed by atoms with Gasteiger partial charge in [-0.05, 0) is 12.1 Å². The maximum Gasteiger partial charge on any atom is 0.350 e. The SMILES string of the molecule is COc1ccccc1N(N)C(=O)NN. The van der Waals surface area contributed by atoms with Crippen molar-refractivity contribution in [1.82, 2.24) is 5.43 Å². The van der Waals surface area contributed by atoms with Gasteiger partial charge < -0.3 is 4.74 Å². The highest BCUT2D eigenvalue weighted by atomic mass is 16.5. The molecule has 0 heterocycles. The molecule has 6 heteroatoms. The largest absolute Gasteiger partial charge is 0.495 e. The molecule has 0 aliphatic rings. The first kappa shape index (κ1) is 10.3. The molecule has 0 aliphatic carbocycles. The number of nitrogens with zero attached hydrogens (tertiary/aromatic N) is 1.